The van der Waals surface area contributed by atoms with Crippen LogP contribution in [0.25, 0.3) is 0 Å². The molecule has 0 aliphatic rings. The molecule has 0 unspecified atom stereocenters. The Balaban J connectivity index is 4.88. The summed E-state index contributed by atoms with van der Waals surface area (Å²) in [5.41, 5.74) is -0.852. The highest BCUT2D eigenvalue weighted by atomic mass is 16.6. The normalized spacial score (nSPS) is 14.6. The quantitative estimate of drug-likeness (QED) is 0.677. The molecule has 0 aromatic carbocycles. The average Bonchev–Trinajstić information content (AvgIpc) is 1.95. The van der Waals surface area contributed by atoms with Crippen molar-refractivity contribution in [2.75, 3.05) is 0 Å². The summed E-state index contributed by atoms with van der Waals surface area (Å²) in [4.78, 5) is 12.4. The van der Waals surface area contributed by atoms with Gasteiger partial charge >= 0.3 is 5.97 Å². The highest BCUT2D eigenvalue weighted by molar-refractivity contribution is 5.76. The molecule has 0 aromatic rings. The van der Waals surface area contributed by atoms with Gasteiger partial charge in [-0.25, -0.2) is 0 Å². The summed E-state index contributed by atoms with van der Waals surface area (Å²) >= 11 is 0. The lowest BCUT2D eigenvalue weighted by Crippen LogP contribution is -2.45. The molecular weight excluding hydrogens is 224 g/mol. The van der Waals surface area contributed by atoms with Crippen LogP contribution in [0, 0.1) is 16.2 Å². The zero-order valence-electron chi connectivity index (χ0n) is 14.0. The fraction of sp³-hybridized carbons (Fsp3) is 0.938. The molecule has 2 heteroatoms. The van der Waals surface area contributed by atoms with Crippen LogP contribution in [-0.4, -0.2) is 11.6 Å². The van der Waals surface area contributed by atoms with E-state index in [0.29, 0.717) is 0 Å². The lowest BCUT2D eigenvalue weighted by Gasteiger charge is -2.41. The number of carbonyl (C=O) groups excluding carboxylic acids is 1. The topological polar surface area (TPSA) is 26.3 Å². The van der Waals surface area contributed by atoms with E-state index in [9.17, 15) is 4.79 Å². The van der Waals surface area contributed by atoms with Crippen molar-refractivity contribution >= 4 is 5.97 Å². The molecule has 0 heterocycles. The maximum atomic E-state index is 12.4. The lowest BCUT2D eigenvalue weighted by molar-refractivity contribution is -0.179. The minimum atomic E-state index is -0.459. The number of ether oxygens (including phenoxy) is 1. The molecule has 0 bridgehead atoms. The fourth-order valence-corrected chi connectivity index (χ4v) is 1.92. The van der Waals surface area contributed by atoms with Gasteiger partial charge in [-0.3, -0.25) is 4.79 Å². The van der Waals surface area contributed by atoms with E-state index in [4.69, 9.17) is 4.74 Å². The van der Waals surface area contributed by atoms with Crippen molar-refractivity contribution in [2.45, 2.75) is 81.3 Å². The Morgan fingerprint density at radius 3 is 1.50 bits per heavy atom. The van der Waals surface area contributed by atoms with E-state index in [1.54, 1.807) is 0 Å². The maximum Gasteiger partial charge on any atom is 0.312 e. The Hall–Kier alpha value is -0.530. The largest absolute Gasteiger partial charge is 0.459 e. The molecule has 2 nitrogen and oxygen atoms in total. The molecule has 0 rings (SSSR count). The highest BCUT2D eigenvalue weighted by Gasteiger charge is 2.41. The van der Waals surface area contributed by atoms with Gasteiger partial charge in [0.2, 0.25) is 0 Å². The van der Waals surface area contributed by atoms with Crippen LogP contribution in [-0.2, 0) is 9.53 Å². The SMILES string of the molecule is CC(C)(C)CC(C)(C)C(=O)OC(C)(C)C(C)(C)C. The first kappa shape index (κ1) is 17.5. The molecule has 0 radical (unpaired) electrons. The Morgan fingerprint density at radius 2 is 1.22 bits per heavy atom. The minimum absolute atomic E-state index is 0.0690. The molecule has 0 spiro atoms. The highest BCUT2D eigenvalue weighted by Crippen LogP contribution is 2.38. The van der Waals surface area contributed by atoms with Crippen molar-refractivity contribution in [1.82, 2.24) is 0 Å². The molecule has 0 aliphatic carbocycles. The van der Waals surface area contributed by atoms with E-state index in [1.807, 2.05) is 27.7 Å². The first-order valence-electron chi connectivity index (χ1n) is 6.82. The summed E-state index contributed by atoms with van der Waals surface area (Å²) in [5, 5.41) is 0. The van der Waals surface area contributed by atoms with Crippen LogP contribution in [0.2, 0.25) is 0 Å². The Labute approximate surface area is 113 Å². The third-order valence-electron chi connectivity index (χ3n) is 3.68. The van der Waals surface area contributed by atoms with Crippen molar-refractivity contribution in [3.8, 4) is 0 Å². The first-order chi connectivity index (χ1) is 7.58. The second-order valence-electron chi connectivity index (χ2n) is 8.77. The Bertz CT molecular complexity index is 298. The summed E-state index contributed by atoms with van der Waals surface area (Å²) in [7, 11) is 0. The average molecular weight is 256 g/mol. The van der Waals surface area contributed by atoms with Gasteiger partial charge < -0.3 is 4.74 Å². The summed E-state index contributed by atoms with van der Waals surface area (Å²) < 4.78 is 5.77. The van der Waals surface area contributed by atoms with Gasteiger partial charge in [-0.05, 0) is 39.5 Å². The smallest absolute Gasteiger partial charge is 0.312 e. The monoisotopic (exact) mass is 256 g/mol. The van der Waals surface area contributed by atoms with Crippen LogP contribution in [0.4, 0.5) is 0 Å². The van der Waals surface area contributed by atoms with E-state index >= 15 is 0 Å². The molecule has 0 N–H and O–H groups in total. The van der Waals surface area contributed by atoms with Crippen LogP contribution in [0.5, 0.6) is 0 Å². The minimum Gasteiger partial charge on any atom is -0.459 e. The van der Waals surface area contributed by atoms with Crippen molar-refractivity contribution in [3.05, 3.63) is 0 Å². The Morgan fingerprint density at radius 1 is 0.833 bits per heavy atom. The lowest BCUT2D eigenvalue weighted by atomic mass is 9.75. The predicted molar refractivity (Wildman–Crippen MR) is 77.5 cm³/mol. The van der Waals surface area contributed by atoms with Crippen molar-refractivity contribution in [3.63, 3.8) is 0 Å². The standard InChI is InChI=1S/C16H32O2/c1-13(2,3)11-15(7,8)12(17)18-16(9,10)14(4,5)6/h11H2,1-10H3. The number of esters is 1. The second-order valence-corrected chi connectivity index (χ2v) is 8.77. The van der Waals surface area contributed by atoms with Crippen molar-refractivity contribution in [2.24, 2.45) is 16.2 Å². The van der Waals surface area contributed by atoms with Gasteiger partial charge in [-0.2, -0.15) is 0 Å². The number of hydrogen-bond donors (Lipinski definition) is 0. The molecular formula is C16H32O2. The summed E-state index contributed by atoms with van der Waals surface area (Å²) in [6.07, 6.45) is 0.819. The third kappa shape index (κ3) is 4.99. The molecule has 0 fully saturated rings. The molecule has 18 heavy (non-hydrogen) atoms. The molecule has 0 aliphatic heterocycles. The number of carbonyl (C=O) groups is 1. The number of rotatable bonds is 3. The van der Waals surface area contributed by atoms with Gasteiger partial charge in [-0.15, -0.1) is 0 Å². The van der Waals surface area contributed by atoms with Crippen LogP contribution < -0.4 is 0 Å². The van der Waals surface area contributed by atoms with Gasteiger partial charge in [0.25, 0.3) is 0 Å². The van der Waals surface area contributed by atoms with Gasteiger partial charge in [0, 0.05) is 5.41 Å². The second kappa shape index (κ2) is 4.86. The summed E-state index contributed by atoms with van der Waals surface area (Å²) in [5.74, 6) is -0.0997. The zero-order valence-corrected chi connectivity index (χ0v) is 14.0. The van der Waals surface area contributed by atoms with E-state index in [0.717, 1.165) is 6.42 Å². The van der Waals surface area contributed by atoms with Gasteiger partial charge in [0.05, 0.1) is 5.41 Å². The predicted octanol–water partition coefficient (Wildman–Crippen LogP) is 4.82. The van der Waals surface area contributed by atoms with Crippen molar-refractivity contribution < 1.29 is 9.53 Å². The van der Waals surface area contributed by atoms with Crippen LogP contribution in [0.15, 0.2) is 0 Å². The molecule has 0 atom stereocenters. The Kier molecular flexibility index (Phi) is 4.72. The molecule has 0 aromatic heterocycles. The summed E-state index contributed by atoms with van der Waals surface area (Å²) in [6, 6.07) is 0. The number of hydrogen-bond acceptors (Lipinski definition) is 2. The zero-order chi connectivity index (χ0) is 15.0. The maximum absolute atomic E-state index is 12.4. The fourth-order valence-electron chi connectivity index (χ4n) is 1.92. The van der Waals surface area contributed by atoms with E-state index < -0.39 is 11.0 Å². The van der Waals surface area contributed by atoms with Gasteiger partial charge in [0.15, 0.2) is 0 Å². The van der Waals surface area contributed by atoms with E-state index in [2.05, 4.69) is 41.5 Å². The van der Waals surface area contributed by atoms with E-state index in [1.165, 1.54) is 0 Å². The van der Waals surface area contributed by atoms with E-state index in [-0.39, 0.29) is 16.8 Å². The van der Waals surface area contributed by atoms with Gasteiger partial charge in [-0.1, -0.05) is 41.5 Å². The van der Waals surface area contributed by atoms with Crippen LogP contribution >= 0.6 is 0 Å². The third-order valence-corrected chi connectivity index (χ3v) is 3.68. The van der Waals surface area contributed by atoms with Crippen LogP contribution in [0.1, 0.15) is 75.7 Å². The van der Waals surface area contributed by atoms with Crippen molar-refractivity contribution in [1.29, 1.82) is 0 Å². The molecule has 108 valence electrons. The first-order valence-corrected chi connectivity index (χ1v) is 6.82. The molecule has 0 saturated heterocycles. The summed E-state index contributed by atoms with van der Waals surface area (Å²) in [6.45, 7) is 20.6. The van der Waals surface area contributed by atoms with Crippen LogP contribution in [0.3, 0.4) is 0 Å². The molecule has 0 amide bonds. The molecule has 0 saturated carbocycles. The van der Waals surface area contributed by atoms with Gasteiger partial charge in [0.1, 0.15) is 5.60 Å².